The smallest absolute Gasteiger partial charge is 0.322 e. The van der Waals surface area contributed by atoms with Crippen molar-refractivity contribution in [2.75, 3.05) is 11.9 Å². The van der Waals surface area contributed by atoms with Gasteiger partial charge in [-0.2, -0.15) is 0 Å². The normalized spacial score (nSPS) is 13.9. The van der Waals surface area contributed by atoms with Gasteiger partial charge in [0.25, 0.3) is 0 Å². The van der Waals surface area contributed by atoms with Crippen molar-refractivity contribution in [3.8, 4) is 0 Å². The zero-order chi connectivity index (χ0) is 23.8. The third-order valence-corrected chi connectivity index (χ3v) is 7.24. The Morgan fingerprint density at radius 1 is 0.912 bits per heavy atom. The predicted octanol–water partition coefficient (Wildman–Crippen LogP) is 6.45. The van der Waals surface area contributed by atoms with Gasteiger partial charge in [-0.1, -0.05) is 73.4 Å². The van der Waals surface area contributed by atoms with E-state index in [-0.39, 0.29) is 24.5 Å². The minimum Gasteiger partial charge on any atom is -0.332 e. The van der Waals surface area contributed by atoms with Gasteiger partial charge >= 0.3 is 6.03 Å². The second-order valence-corrected chi connectivity index (χ2v) is 10.1. The molecule has 0 bridgehead atoms. The first-order valence-electron chi connectivity index (χ1n) is 12.1. The number of amides is 3. The maximum Gasteiger partial charge on any atom is 0.322 e. The van der Waals surface area contributed by atoms with E-state index in [1.807, 2.05) is 77.9 Å². The molecule has 178 valence electrons. The summed E-state index contributed by atoms with van der Waals surface area (Å²) in [5.74, 6) is -0.0260. The van der Waals surface area contributed by atoms with Crippen LogP contribution in [0.2, 0.25) is 0 Å². The molecule has 1 aromatic heterocycles. The Hall–Kier alpha value is -3.12. The number of hydrogen-bond donors (Lipinski definition) is 1. The van der Waals surface area contributed by atoms with E-state index >= 15 is 0 Å². The van der Waals surface area contributed by atoms with Gasteiger partial charge in [0.15, 0.2) is 0 Å². The molecule has 0 aliphatic heterocycles. The van der Waals surface area contributed by atoms with Gasteiger partial charge in [0, 0.05) is 23.2 Å². The van der Waals surface area contributed by atoms with Gasteiger partial charge in [0.1, 0.15) is 6.54 Å². The first-order valence-corrected chi connectivity index (χ1v) is 12.9. The molecule has 1 heterocycles. The number of hydrogen-bond acceptors (Lipinski definition) is 3. The van der Waals surface area contributed by atoms with E-state index in [0.29, 0.717) is 13.1 Å². The molecule has 1 saturated carbocycles. The van der Waals surface area contributed by atoms with Crippen molar-refractivity contribution >= 4 is 29.0 Å². The highest BCUT2D eigenvalue weighted by atomic mass is 32.1. The van der Waals surface area contributed by atoms with Crippen molar-refractivity contribution in [1.82, 2.24) is 9.80 Å². The number of carbonyl (C=O) groups excluding carboxylic acids is 2. The average Bonchev–Trinajstić information content (AvgIpc) is 3.38. The molecule has 1 N–H and O–H groups in total. The van der Waals surface area contributed by atoms with Crippen LogP contribution in [0, 0.1) is 6.92 Å². The van der Waals surface area contributed by atoms with Crippen LogP contribution in [-0.4, -0.2) is 34.3 Å². The minimum absolute atomic E-state index is 0.0260. The fourth-order valence-electron chi connectivity index (χ4n) is 4.46. The van der Waals surface area contributed by atoms with Crippen LogP contribution in [0.25, 0.3) is 0 Å². The summed E-state index contributed by atoms with van der Waals surface area (Å²) in [5.41, 5.74) is 2.98. The predicted molar refractivity (Wildman–Crippen MR) is 139 cm³/mol. The van der Waals surface area contributed by atoms with Crippen molar-refractivity contribution in [3.05, 3.63) is 88.1 Å². The monoisotopic (exact) mass is 475 g/mol. The number of nitrogens with zero attached hydrogens (tertiary/aromatic N) is 2. The maximum atomic E-state index is 13.6. The van der Waals surface area contributed by atoms with Crippen LogP contribution in [0.3, 0.4) is 0 Å². The Labute approximate surface area is 206 Å². The van der Waals surface area contributed by atoms with Gasteiger partial charge in [0.2, 0.25) is 5.91 Å². The van der Waals surface area contributed by atoms with Crippen molar-refractivity contribution in [1.29, 1.82) is 0 Å². The van der Waals surface area contributed by atoms with Crippen molar-refractivity contribution in [2.24, 2.45) is 0 Å². The Bertz CT molecular complexity index is 1050. The molecule has 0 spiro atoms. The van der Waals surface area contributed by atoms with Crippen LogP contribution in [-0.2, 0) is 17.9 Å². The lowest BCUT2D eigenvalue weighted by Gasteiger charge is -2.35. The first kappa shape index (κ1) is 24.0. The summed E-state index contributed by atoms with van der Waals surface area (Å²) in [6, 6.07) is 21.8. The molecule has 1 aliphatic rings. The van der Waals surface area contributed by atoms with Crippen LogP contribution in [0.1, 0.15) is 48.1 Å². The number of nitrogens with one attached hydrogen (secondary N) is 1. The number of benzene rings is 2. The number of carbonyl (C=O) groups is 2. The van der Waals surface area contributed by atoms with Gasteiger partial charge in [-0.25, -0.2) is 4.79 Å². The number of anilines is 1. The molecular weight excluding hydrogens is 442 g/mol. The Kier molecular flexibility index (Phi) is 8.36. The summed E-state index contributed by atoms with van der Waals surface area (Å²) in [6.45, 7) is 3.17. The van der Waals surface area contributed by atoms with Crippen LogP contribution >= 0.6 is 11.3 Å². The standard InChI is InChI=1S/C28H33N3O2S/c1-22-14-16-24(17-15-22)29-28(33)31(25-11-6-3-7-12-25)21-27(32)30(20-26-13-8-18-34-26)19-23-9-4-2-5-10-23/h2,4-5,8-10,13-18,25H,3,6-7,11-12,19-21H2,1H3,(H,29,33). The number of thiophene rings is 1. The van der Waals surface area contributed by atoms with Gasteiger partial charge in [-0.15, -0.1) is 11.3 Å². The molecule has 0 unspecified atom stereocenters. The molecule has 2 aromatic carbocycles. The zero-order valence-electron chi connectivity index (χ0n) is 19.8. The second-order valence-electron chi connectivity index (χ2n) is 9.03. The van der Waals surface area contributed by atoms with E-state index in [1.165, 1.54) is 6.42 Å². The molecule has 0 radical (unpaired) electrons. The molecule has 5 nitrogen and oxygen atoms in total. The van der Waals surface area contributed by atoms with E-state index < -0.39 is 0 Å². The second kappa shape index (κ2) is 11.8. The lowest BCUT2D eigenvalue weighted by molar-refractivity contribution is -0.133. The largest absolute Gasteiger partial charge is 0.332 e. The fourth-order valence-corrected chi connectivity index (χ4v) is 5.18. The molecule has 3 aromatic rings. The van der Waals surface area contributed by atoms with E-state index in [9.17, 15) is 9.59 Å². The highest BCUT2D eigenvalue weighted by molar-refractivity contribution is 7.09. The third kappa shape index (κ3) is 6.70. The molecular formula is C28H33N3O2S. The van der Waals surface area contributed by atoms with Gasteiger partial charge in [-0.3, -0.25) is 4.79 Å². The van der Waals surface area contributed by atoms with Crippen molar-refractivity contribution in [2.45, 2.75) is 58.2 Å². The molecule has 34 heavy (non-hydrogen) atoms. The molecule has 1 aliphatic carbocycles. The summed E-state index contributed by atoms with van der Waals surface area (Å²) in [4.78, 5) is 31.8. The molecule has 1 fully saturated rings. The van der Waals surface area contributed by atoms with Gasteiger partial charge in [0.05, 0.1) is 6.54 Å². The van der Waals surface area contributed by atoms with E-state index in [2.05, 4.69) is 11.4 Å². The molecule has 0 atom stereocenters. The van der Waals surface area contributed by atoms with Crippen LogP contribution in [0.4, 0.5) is 10.5 Å². The number of rotatable bonds is 8. The Morgan fingerprint density at radius 3 is 2.32 bits per heavy atom. The highest BCUT2D eigenvalue weighted by Crippen LogP contribution is 2.24. The quantitative estimate of drug-likeness (QED) is 0.407. The van der Waals surface area contributed by atoms with Crippen LogP contribution < -0.4 is 5.32 Å². The molecule has 4 rings (SSSR count). The summed E-state index contributed by atoms with van der Waals surface area (Å²) in [7, 11) is 0. The maximum absolute atomic E-state index is 13.6. The van der Waals surface area contributed by atoms with Crippen molar-refractivity contribution in [3.63, 3.8) is 0 Å². The SMILES string of the molecule is Cc1ccc(NC(=O)N(CC(=O)N(Cc2ccccc2)Cc2cccs2)C2CCCCC2)cc1. The van der Waals surface area contributed by atoms with E-state index in [0.717, 1.165) is 47.4 Å². The zero-order valence-corrected chi connectivity index (χ0v) is 20.6. The summed E-state index contributed by atoms with van der Waals surface area (Å²) >= 11 is 1.65. The Morgan fingerprint density at radius 2 is 1.65 bits per heavy atom. The summed E-state index contributed by atoms with van der Waals surface area (Å²) in [5, 5.41) is 5.06. The Balaban J connectivity index is 1.52. The van der Waals surface area contributed by atoms with Crippen LogP contribution in [0.5, 0.6) is 0 Å². The summed E-state index contributed by atoms with van der Waals surface area (Å²) < 4.78 is 0. The summed E-state index contributed by atoms with van der Waals surface area (Å²) in [6.07, 6.45) is 5.26. The number of urea groups is 1. The van der Waals surface area contributed by atoms with Gasteiger partial charge < -0.3 is 15.1 Å². The first-order chi connectivity index (χ1) is 16.6. The van der Waals surface area contributed by atoms with Gasteiger partial charge in [-0.05, 0) is 48.9 Å². The van der Waals surface area contributed by atoms with Crippen LogP contribution in [0.15, 0.2) is 72.1 Å². The number of aryl methyl sites for hydroxylation is 1. The topological polar surface area (TPSA) is 52.7 Å². The third-order valence-electron chi connectivity index (χ3n) is 6.38. The molecule has 3 amide bonds. The van der Waals surface area contributed by atoms with E-state index in [4.69, 9.17) is 0 Å². The van der Waals surface area contributed by atoms with E-state index in [1.54, 1.807) is 16.2 Å². The van der Waals surface area contributed by atoms with Crippen molar-refractivity contribution < 1.29 is 9.59 Å². The lowest BCUT2D eigenvalue weighted by atomic mass is 9.94. The average molecular weight is 476 g/mol. The minimum atomic E-state index is -0.195. The molecule has 6 heteroatoms. The molecule has 0 saturated heterocycles. The highest BCUT2D eigenvalue weighted by Gasteiger charge is 2.29. The fraction of sp³-hybridized carbons (Fsp3) is 0.357. The lowest BCUT2D eigenvalue weighted by Crippen LogP contribution is -2.49.